The Morgan fingerprint density at radius 3 is 2.29 bits per heavy atom. The van der Waals surface area contributed by atoms with Gasteiger partial charge in [-0.25, -0.2) is 4.79 Å². The molecule has 8 nitrogen and oxygen atoms in total. The summed E-state index contributed by atoms with van der Waals surface area (Å²) in [5, 5.41) is 14.7. The molecule has 1 fully saturated rings. The molecule has 2 aliphatic carbocycles. The highest BCUT2D eigenvalue weighted by molar-refractivity contribution is 5.86. The number of amides is 2. The number of nitrogens with one attached hydrogen (secondary N) is 2. The summed E-state index contributed by atoms with van der Waals surface area (Å²) < 4.78 is 10.7. The van der Waals surface area contributed by atoms with Crippen molar-refractivity contribution in [2.75, 3.05) is 20.3 Å². The number of ether oxygens (including phenoxy) is 2. The number of benzene rings is 2. The second-order valence-corrected chi connectivity index (χ2v) is 8.89. The Hall–Kier alpha value is -3.39. The molecule has 0 heterocycles. The van der Waals surface area contributed by atoms with Crippen LogP contribution in [0.1, 0.15) is 42.7 Å². The maximum atomic E-state index is 12.8. The Bertz CT molecular complexity index is 1010. The fourth-order valence-electron chi connectivity index (χ4n) is 4.98. The summed E-state index contributed by atoms with van der Waals surface area (Å²) in [5.74, 6) is -1.80. The van der Waals surface area contributed by atoms with Crippen LogP contribution in [-0.4, -0.2) is 55.5 Å². The molecule has 3 N–H and O–H groups in total. The molecular weight excluding hydrogens is 436 g/mol. The van der Waals surface area contributed by atoms with Gasteiger partial charge in [-0.2, -0.15) is 0 Å². The fraction of sp³-hybridized carbons (Fsp3) is 0.423. The number of alkyl carbamates (subject to hydrolysis) is 1. The maximum Gasteiger partial charge on any atom is 0.407 e. The van der Waals surface area contributed by atoms with Crippen LogP contribution in [0.5, 0.6) is 0 Å². The molecule has 4 rings (SSSR count). The van der Waals surface area contributed by atoms with Gasteiger partial charge in [0.25, 0.3) is 0 Å². The molecule has 1 saturated carbocycles. The van der Waals surface area contributed by atoms with Crippen LogP contribution < -0.4 is 10.6 Å². The van der Waals surface area contributed by atoms with Crippen molar-refractivity contribution in [1.29, 1.82) is 0 Å². The molecule has 3 atom stereocenters. The lowest BCUT2D eigenvalue weighted by atomic mass is 9.85. The van der Waals surface area contributed by atoms with Crippen LogP contribution in [0.25, 0.3) is 11.1 Å². The van der Waals surface area contributed by atoms with E-state index < -0.39 is 29.9 Å². The van der Waals surface area contributed by atoms with E-state index in [1.54, 1.807) is 0 Å². The molecule has 2 aromatic rings. The lowest BCUT2D eigenvalue weighted by molar-refractivity contribution is -0.143. The van der Waals surface area contributed by atoms with Gasteiger partial charge in [-0.05, 0) is 41.5 Å². The predicted molar refractivity (Wildman–Crippen MR) is 125 cm³/mol. The van der Waals surface area contributed by atoms with Crippen molar-refractivity contribution in [3.05, 3.63) is 59.7 Å². The lowest BCUT2D eigenvalue weighted by Gasteiger charge is -2.29. The summed E-state index contributed by atoms with van der Waals surface area (Å²) in [5.41, 5.74) is 4.48. The first-order valence-electron chi connectivity index (χ1n) is 11.6. The van der Waals surface area contributed by atoms with Crippen LogP contribution in [0.15, 0.2) is 48.5 Å². The van der Waals surface area contributed by atoms with Gasteiger partial charge < -0.3 is 25.2 Å². The van der Waals surface area contributed by atoms with E-state index in [9.17, 15) is 19.5 Å². The number of methoxy groups -OCH3 is 1. The van der Waals surface area contributed by atoms with Gasteiger partial charge in [0.15, 0.2) is 0 Å². The van der Waals surface area contributed by atoms with Crippen molar-refractivity contribution in [3.63, 3.8) is 0 Å². The minimum Gasteiger partial charge on any atom is -0.481 e. The van der Waals surface area contributed by atoms with Crippen molar-refractivity contribution in [3.8, 4) is 11.1 Å². The van der Waals surface area contributed by atoms with E-state index >= 15 is 0 Å². The number of rotatable bonds is 8. The van der Waals surface area contributed by atoms with Gasteiger partial charge in [0.2, 0.25) is 5.91 Å². The Morgan fingerprint density at radius 1 is 1.03 bits per heavy atom. The van der Waals surface area contributed by atoms with Gasteiger partial charge in [0, 0.05) is 19.1 Å². The van der Waals surface area contributed by atoms with Gasteiger partial charge in [-0.1, -0.05) is 55.0 Å². The summed E-state index contributed by atoms with van der Waals surface area (Å²) >= 11 is 0. The molecule has 2 amide bonds. The van der Waals surface area contributed by atoms with E-state index in [1.165, 1.54) is 7.11 Å². The number of fused-ring (bicyclic) bond motifs is 3. The smallest absolute Gasteiger partial charge is 0.407 e. The number of carbonyl (C=O) groups excluding carboxylic acids is 2. The minimum atomic E-state index is -0.939. The van der Waals surface area contributed by atoms with Crippen LogP contribution in [0, 0.1) is 5.92 Å². The van der Waals surface area contributed by atoms with Crippen LogP contribution in [0.3, 0.4) is 0 Å². The van der Waals surface area contributed by atoms with E-state index in [1.807, 2.05) is 36.4 Å². The molecule has 0 radical (unpaired) electrons. The molecule has 0 spiro atoms. The molecule has 0 aromatic heterocycles. The van der Waals surface area contributed by atoms with E-state index in [-0.39, 0.29) is 25.2 Å². The summed E-state index contributed by atoms with van der Waals surface area (Å²) in [7, 11) is 1.45. The number of carboxylic acids is 1. The molecule has 180 valence electrons. The Labute approximate surface area is 198 Å². The number of hydrogen-bond acceptors (Lipinski definition) is 5. The first-order valence-corrected chi connectivity index (χ1v) is 11.6. The average molecular weight is 467 g/mol. The van der Waals surface area contributed by atoms with Gasteiger partial charge >= 0.3 is 12.1 Å². The lowest BCUT2D eigenvalue weighted by Crippen LogP contribution is -2.52. The molecular formula is C26H30N2O6. The van der Waals surface area contributed by atoms with E-state index in [2.05, 4.69) is 22.8 Å². The van der Waals surface area contributed by atoms with Crippen molar-refractivity contribution < 1.29 is 29.0 Å². The van der Waals surface area contributed by atoms with Crippen molar-refractivity contribution in [2.24, 2.45) is 5.92 Å². The Kier molecular flexibility index (Phi) is 7.47. The van der Waals surface area contributed by atoms with E-state index in [0.717, 1.165) is 28.7 Å². The monoisotopic (exact) mass is 466 g/mol. The van der Waals surface area contributed by atoms with Crippen LogP contribution in [0.4, 0.5) is 4.79 Å². The van der Waals surface area contributed by atoms with Crippen molar-refractivity contribution in [2.45, 2.75) is 43.7 Å². The molecule has 8 heteroatoms. The highest BCUT2D eigenvalue weighted by Crippen LogP contribution is 2.44. The summed E-state index contributed by atoms with van der Waals surface area (Å²) in [6, 6.07) is 14.9. The highest BCUT2D eigenvalue weighted by atomic mass is 16.5. The number of carbonyl (C=O) groups is 3. The molecule has 0 bridgehead atoms. The molecule has 0 aliphatic heterocycles. The average Bonchev–Trinajstić information content (AvgIpc) is 3.16. The Morgan fingerprint density at radius 2 is 1.68 bits per heavy atom. The Balaban J connectivity index is 1.35. The summed E-state index contributed by atoms with van der Waals surface area (Å²) in [6.07, 6.45) is 1.73. The quantitative estimate of drug-likeness (QED) is 0.550. The number of hydrogen-bond donors (Lipinski definition) is 3. The third-order valence-corrected chi connectivity index (χ3v) is 6.66. The van der Waals surface area contributed by atoms with Gasteiger partial charge in [-0.3, -0.25) is 9.59 Å². The van der Waals surface area contributed by atoms with Crippen LogP contribution >= 0.6 is 0 Å². The van der Waals surface area contributed by atoms with Gasteiger partial charge in [0.1, 0.15) is 12.6 Å². The van der Waals surface area contributed by atoms with Gasteiger partial charge in [0.05, 0.1) is 12.5 Å². The third kappa shape index (κ3) is 5.22. The number of aliphatic carboxylic acids is 1. The largest absolute Gasteiger partial charge is 0.481 e. The summed E-state index contributed by atoms with van der Waals surface area (Å²) in [6.45, 7) is 0.120. The molecule has 34 heavy (non-hydrogen) atoms. The van der Waals surface area contributed by atoms with E-state index in [0.29, 0.717) is 19.3 Å². The topological polar surface area (TPSA) is 114 Å². The highest BCUT2D eigenvalue weighted by Gasteiger charge is 2.32. The zero-order valence-electron chi connectivity index (χ0n) is 19.2. The normalized spacial score (nSPS) is 20.0. The molecule has 2 aromatic carbocycles. The second-order valence-electron chi connectivity index (χ2n) is 8.89. The zero-order chi connectivity index (χ0) is 24.1. The molecule has 2 aliphatic rings. The second kappa shape index (κ2) is 10.7. The van der Waals surface area contributed by atoms with Crippen molar-refractivity contribution in [1.82, 2.24) is 10.6 Å². The third-order valence-electron chi connectivity index (χ3n) is 6.66. The fourth-order valence-corrected chi connectivity index (χ4v) is 4.98. The van der Waals surface area contributed by atoms with Crippen molar-refractivity contribution >= 4 is 18.0 Å². The first-order chi connectivity index (χ1) is 16.5. The van der Waals surface area contributed by atoms with Gasteiger partial charge in [-0.15, -0.1) is 0 Å². The standard InChI is InChI=1S/C26H30N2O6/c1-33-15-23(24(29)27-17-8-6-7-16(13-17)25(30)31)28-26(32)34-14-22-20-11-4-2-9-18(20)19-10-3-5-12-21(19)22/h2-5,9-12,16-17,22-23H,6-8,13-15H2,1H3,(H,27,29)(H,28,32)(H,30,31)/t16-,17-,23?/m1/s1. The minimum absolute atomic E-state index is 0.0227. The van der Waals surface area contributed by atoms with Crippen LogP contribution in [0.2, 0.25) is 0 Å². The van der Waals surface area contributed by atoms with E-state index in [4.69, 9.17) is 9.47 Å². The molecule has 0 saturated heterocycles. The van der Waals surface area contributed by atoms with Crippen LogP contribution in [-0.2, 0) is 19.1 Å². The number of carboxylic acid groups (broad SMARTS) is 1. The SMILES string of the molecule is COCC(NC(=O)OCC1c2ccccc2-c2ccccc21)C(=O)N[C@@H]1CCC[C@@H](C(=O)O)C1. The summed E-state index contributed by atoms with van der Waals surface area (Å²) in [4.78, 5) is 36.7. The first kappa shape index (κ1) is 23.8. The zero-order valence-corrected chi connectivity index (χ0v) is 19.2. The maximum absolute atomic E-state index is 12.8. The predicted octanol–water partition coefficient (Wildman–Crippen LogP) is 3.30. The molecule has 1 unspecified atom stereocenters.